The lowest BCUT2D eigenvalue weighted by atomic mass is 10.1. The molecule has 0 saturated carbocycles. The van der Waals surface area contributed by atoms with E-state index in [-0.39, 0.29) is 11.7 Å². The summed E-state index contributed by atoms with van der Waals surface area (Å²) in [6.07, 6.45) is 5.26. The van der Waals surface area contributed by atoms with Crippen molar-refractivity contribution in [2.24, 2.45) is 7.05 Å². The highest BCUT2D eigenvalue weighted by Crippen LogP contribution is 2.23. The van der Waals surface area contributed by atoms with Crippen LogP contribution in [0.4, 0.5) is 4.39 Å². The van der Waals surface area contributed by atoms with Crippen molar-refractivity contribution in [3.63, 3.8) is 0 Å². The van der Waals surface area contributed by atoms with E-state index in [4.69, 9.17) is 4.74 Å². The molecule has 0 spiro atoms. The Morgan fingerprint density at radius 3 is 2.52 bits per heavy atom. The summed E-state index contributed by atoms with van der Waals surface area (Å²) in [6.45, 7) is 2.34. The third-order valence-electron chi connectivity index (χ3n) is 4.59. The van der Waals surface area contributed by atoms with E-state index in [1.807, 2.05) is 23.9 Å². The van der Waals surface area contributed by atoms with Gasteiger partial charge in [-0.3, -0.25) is 4.79 Å². The standard InChI is InChI=1S/C20H19FN4O2/c1-24-13-15(10-18(24)20(26)25-5-7-27-8-6-25)16-11-22-19(23-12-16)14-3-2-4-17(21)9-14/h2-4,9-13H,5-8H2,1H3. The quantitative estimate of drug-likeness (QED) is 0.715. The number of aryl methyl sites for hydroxylation is 1. The van der Waals surface area contributed by atoms with Gasteiger partial charge in [0.1, 0.15) is 11.5 Å². The lowest BCUT2D eigenvalue weighted by Crippen LogP contribution is -2.41. The van der Waals surface area contributed by atoms with Gasteiger partial charge in [0, 0.05) is 55.4 Å². The van der Waals surface area contributed by atoms with E-state index in [1.165, 1.54) is 12.1 Å². The van der Waals surface area contributed by atoms with Gasteiger partial charge in [-0.1, -0.05) is 12.1 Å². The van der Waals surface area contributed by atoms with Crippen molar-refractivity contribution >= 4 is 5.91 Å². The van der Waals surface area contributed by atoms with Gasteiger partial charge in [0.25, 0.3) is 5.91 Å². The number of benzene rings is 1. The number of rotatable bonds is 3. The van der Waals surface area contributed by atoms with Crippen molar-refractivity contribution in [1.82, 2.24) is 19.4 Å². The molecule has 1 amide bonds. The van der Waals surface area contributed by atoms with E-state index < -0.39 is 0 Å². The summed E-state index contributed by atoms with van der Waals surface area (Å²) in [5, 5.41) is 0. The Hall–Kier alpha value is -3.06. The van der Waals surface area contributed by atoms with Crippen molar-refractivity contribution in [1.29, 1.82) is 0 Å². The molecule has 0 aliphatic carbocycles. The fourth-order valence-corrected chi connectivity index (χ4v) is 3.12. The maximum atomic E-state index is 13.4. The Morgan fingerprint density at radius 2 is 1.81 bits per heavy atom. The first kappa shape index (κ1) is 17.4. The number of amides is 1. The van der Waals surface area contributed by atoms with Gasteiger partial charge in [-0.15, -0.1) is 0 Å². The number of halogens is 1. The predicted molar refractivity (Wildman–Crippen MR) is 98.6 cm³/mol. The maximum Gasteiger partial charge on any atom is 0.270 e. The molecule has 7 heteroatoms. The van der Waals surface area contributed by atoms with Gasteiger partial charge in [0.15, 0.2) is 5.82 Å². The first-order valence-corrected chi connectivity index (χ1v) is 8.73. The summed E-state index contributed by atoms with van der Waals surface area (Å²) in [4.78, 5) is 23.2. The van der Waals surface area contributed by atoms with Crippen LogP contribution >= 0.6 is 0 Å². The fraction of sp³-hybridized carbons (Fsp3) is 0.250. The van der Waals surface area contributed by atoms with Crippen molar-refractivity contribution in [3.8, 4) is 22.5 Å². The van der Waals surface area contributed by atoms with Crippen LogP contribution in [-0.4, -0.2) is 51.6 Å². The number of ether oxygens (including phenoxy) is 1. The lowest BCUT2D eigenvalue weighted by molar-refractivity contribution is 0.0296. The van der Waals surface area contributed by atoms with Crippen molar-refractivity contribution in [2.75, 3.05) is 26.3 Å². The van der Waals surface area contributed by atoms with Crippen LogP contribution in [0.15, 0.2) is 48.9 Å². The third kappa shape index (κ3) is 3.59. The van der Waals surface area contributed by atoms with Gasteiger partial charge < -0.3 is 14.2 Å². The van der Waals surface area contributed by atoms with Crippen LogP contribution in [0.3, 0.4) is 0 Å². The summed E-state index contributed by atoms with van der Waals surface area (Å²) in [5.41, 5.74) is 2.89. The number of aromatic nitrogens is 3. The van der Waals surface area contributed by atoms with E-state index in [1.54, 1.807) is 29.4 Å². The van der Waals surface area contributed by atoms with Gasteiger partial charge in [-0.25, -0.2) is 14.4 Å². The molecule has 0 unspecified atom stereocenters. The van der Waals surface area contributed by atoms with Gasteiger partial charge >= 0.3 is 0 Å². The second-order valence-electron chi connectivity index (χ2n) is 6.44. The van der Waals surface area contributed by atoms with Crippen LogP contribution in [0.1, 0.15) is 10.5 Å². The molecule has 2 aromatic heterocycles. The molecule has 1 fully saturated rings. The molecule has 0 bridgehead atoms. The van der Waals surface area contributed by atoms with Gasteiger partial charge in [0.05, 0.1) is 13.2 Å². The monoisotopic (exact) mass is 366 g/mol. The van der Waals surface area contributed by atoms with Crippen LogP contribution in [0.25, 0.3) is 22.5 Å². The number of hydrogen-bond acceptors (Lipinski definition) is 4. The van der Waals surface area contributed by atoms with E-state index in [0.717, 1.165) is 11.1 Å². The molecule has 3 heterocycles. The molecule has 6 nitrogen and oxygen atoms in total. The molecule has 1 saturated heterocycles. The SMILES string of the molecule is Cn1cc(-c2cnc(-c3cccc(F)c3)nc2)cc1C(=O)N1CCOCC1. The summed E-state index contributed by atoms with van der Waals surface area (Å²) in [7, 11) is 1.85. The largest absolute Gasteiger partial charge is 0.378 e. The molecule has 1 aliphatic heterocycles. The van der Waals surface area contributed by atoms with Crippen molar-refractivity contribution in [2.45, 2.75) is 0 Å². The Balaban J connectivity index is 1.58. The lowest BCUT2D eigenvalue weighted by Gasteiger charge is -2.26. The van der Waals surface area contributed by atoms with Crippen LogP contribution < -0.4 is 0 Å². The zero-order valence-electron chi connectivity index (χ0n) is 14.9. The highest BCUT2D eigenvalue weighted by atomic mass is 19.1. The minimum absolute atomic E-state index is 0.00986. The molecule has 3 aromatic rings. The zero-order chi connectivity index (χ0) is 18.8. The molecule has 1 aromatic carbocycles. The minimum atomic E-state index is -0.325. The van der Waals surface area contributed by atoms with Crippen molar-refractivity contribution < 1.29 is 13.9 Å². The van der Waals surface area contributed by atoms with E-state index in [0.29, 0.717) is 43.4 Å². The Bertz CT molecular complexity index is 962. The average molecular weight is 366 g/mol. The second-order valence-corrected chi connectivity index (χ2v) is 6.44. The smallest absolute Gasteiger partial charge is 0.270 e. The average Bonchev–Trinajstić information content (AvgIpc) is 3.10. The van der Waals surface area contributed by atoms with E-state index >= 15 is 0 Å². The first-order valence-electron chi connectivity index (χ1n) is 8.73. The number of nitrogens with zero attached hydrogens (tertiary/aromatic N) is 4. The third-order valence-corrected chi connectivity index (χ3v) is 4.59. The summed E-state index contributed by atoms with van der Waals surface area (Å²) < 4.78 is 20.5. The zero-order valence-corrected chi connectivity index (χ0v) is 14.9. The molecule has 0 radical (unpaired) electrons. The number of hydrogen-bond donors (Lipinski definition) is 0. The summed E-state index contributed by atoms with van der Waals surface area (Å²) in [5.74, 6) is 0.123. The highest BCUT2D eigenvalue weighted by molar-refractivity contribution is 5.94. The van der Waals surface area contributed by atoms with E-state index in [9.17, 15) is 9.18 Å². The van der Waals surface area contributed by atoms with Crippen LogP contribution in [0.2, 0.25) is 0 Å². The molecule has 138 valence electrons. The number of carbonyl (C=O) groups is 1. The predicted octanol–water partition coefficient (Wildman–Crippen LogP) is 2.76. The maximum absolute atomic E-state index is 13.4. The molecule has 27 heavy (non-hydrogen) atoms. The molecule has 0 atom stereocenters. The van der Waals surface area contributed by atoms with Gasteiger partial charge in [-0.2, -0.15) is 0 Å². The Morgan fingerprint density at radius 1 is 1.07 bits per heavy atom. The number of morpholine rings is 1. The highest BCUT2D eigenvalue weighted by Gasteiger charge is 2.21. The molecular weight excluding hydrogens is 347 g/mol. The van der Waals surface area contributed by atoms with Crippen LogP contribution in [0.5, 0.6) is 0 Å². The summed E-state index contributed by atoms with van der Waals surface area (Å²) >= 11 is 0. The minimum Gasteiger partial charge on any atom is -0.378 e. The molecule has 0 N–H and O–H groups in total. The van der Waals surface area contributed by atoms with Crippen LogP contribution in [-0.2, 0) is 11.8 Å². The topological polar surface area (TPSA) is 60.2 Å². The van der Waals surface area contributed by atoms with Gasteiger partial charge in [0.2, 0.25) is 0 Å². The van der Waals surface area contributed by atoms with Gasteiger partial charge in [-0.05, 0) is 18.2 Å². The van der Waals surface area contributed by atoms with E-state index in [2.05, 4.69) is 9.97 Å². The fourth-order valence-electron chi connectivity index (χ4n) is 3.12. The van der Waals surface area contributed by atoms with Crippen LogP contribution in [0, 0.1) is 5.82 Å². The molecular formula is C20H19FN4O2. The first-order chi connectivity index (χ1) is 13.1. The summed E-state index contributed by atoms with van der Waals surface area (Å²) in [6, 6.07) is 8.02. The second kappa shape index (κ2) is 7.28. The van der Waals surface area contributed by atoms with Crippen molar-refractivity contribution in [3.05, 3.63) is 60.4 Å². The number of carbonyl (C=O) groups excluding carboxylic acids is 1. The normalized spacial score (nSPS) is 14.4. The Kier molecular flexibility index (Phi) is 4.68. The molecule has 4 rings (SSSR count). The Labute approximate surface area is 156 Å². The molecule has 1 aliphatic rings.